The van der Waals surface area contributed by atoms with Gasteiger partial charge in [0.25, 0.3) is 5.91 Å². The zero-order valence-electron chi connectivity index (χ0n) is 18.0. The molecule has 0 aliphatic carbocycles. The number of aliphatic hydroxyl groups excluding tert-OH is 4. The molecule has 10 nitrogen and oxygen atoms in total. The average Bonchev–Trinajstić information content (AvgIpc) is 2.83. The quantitative estimate of drug-likeness (QED) is 0.101. The number of aliphatic hydroxyl groups is 4. The molecule has 0 heterocycles. The van der Waals surface area contributed by atoms with E-state index >= 15 is 8.78 Å². The van der Waals surface area contributed by atoms with Gasteiger partial charge in [0.2, 0.25) is 0 Å². The third-order valence-electron chi connectivity index (χ3n) is 4.21. The van der Waals surface area contributed by atoms with Gasteiger partial charge in [-0.1, -0.05) is 0 Å². The number of hydrogen-bond acceptors (Lipinski definition) is 9. The van der Waals surface area contributed by atoms with E-state index in [4.69, 9.17) is 25.0 Å². The Hall–Kier alpha value is -2.47. The first-order valence-electron chi connectivity index (χ1n) is 10.00. The molecule has 1 atom stereocenters. The lowest BCUT2D eigenvalue weighted by molar-refractivity contribution is 0.0168. The van der Waals surface area contributed by atoms with Crippen LogP contribution in [0.1, 0.15) is 15.9 Å². The molecule has 192 valence electrons. The molecule has 1 amide bonds. The van der Waals surface area contributed by atoms with Crippen LogP contribution in [0.5, 0.6) is 0 Å². The maximum atomic E-state index is 15.3. The second-order valence-corrected chi connectivity index (χ2v) is 7.98. The minimum Gasteiger partial charge on any atom is -0.394 e. The molecular weight excluding hydrogens is 590 g/mol. The van der Waals surface area contributed by atoms with E-state index in [0.717, 1.165) is 18.2 Å². The summed E-state index contributed by atoms with van der Waals surface area (Å²) in [6.07, 6.45) is -0.632. The van der Waals surface area contributed by atoms with Crippen molar-refractivity contribution in [3.8, 4) is 0 Å². The largest absolute Gasteiger partial charge is 0.394 e. The lowest BCUT2D eigenvalue weighted by atomic mass is 10.0. The molecule has 0 aliphatic heterocycles. The number of anilines is 2. The number of hydrogen-bond donors (Lipinski definition) is 7. The Balaban J connectivity index is 2.64. The molecule has 2 rings (SSSR count). The Morgan fingerprint density at radius 1 is 1.00 bits per heavy atom. The average molecular weight is 613 g/mol. The summed E-state index contributed by atoms with van der Waals surface area (Å²) >= 11 is 1.86. The lowest BCUT2D eigenvalue weighted by Gasteiger charge is -2.19. The molecule has 0 radical (unpaired) electrons. The molecule has 0 aliphatic rings. The Kier molecular flexibility index (Phi) is 11.7. The van der Waals surface area contributed by atoms with Crippen LogP contribution in [0.3, 0.4) is 0 Å². The van der Waals surface area contributed by atoms with E-state index in [1.54, 1.807) is 0 Å². The third kappa shape index (κ3) is 8.03. The van der Waals surface area contributed by atoms with Crippen molar-refractivity contribution in [2.24, 2.45) is 0 Å². The van der Waals surface area contributed by atoms with Gasteiger partial charge in [0.1, 0.15) is 5.82 Å². The molecule has 2 aromatic rings. The third-order valence-corrected chi connectivity index (χ3v) is 4.88. The van der Waals surface area contributed by atoms with Crippen LogP contribution in [0.25, 0.3) is 5.70 Å². The monoisotopic (exact) mass is 613 g/mol. The second kappa shape index (κ2) is 14.2. The summed E-state index contributed by atoms with van der Waals surface area (Å²) in [7, 11) is 0. The molecule has 35 heavy (non-hydrogen) atoms. The van der Waals surface area contributed by atoms with Gasteiger partial charge in [0, 0.05) is 9.13 Å². The fraction of sp³-hybridized carbons (Fsp3) is 0.286. The van der Waals surface area contributed by atoms with E-state index < -0.39 is 66.1 Å². The summed E-state index contributed by atoms with van der Waals surface area (Å²) in [5.74, 6) is -4.97. The van der Waals surface area contributed by atoms with Crippen molar-refractivity contribution in [2.75, 3.05) is 38.4 Å². The molecule has 0 saturated heterocycles. The van der Waals surface area contributed by atoms with Gasteiger partial charge in [-0.05, 0) is 52.9 Å². The number of amides is 1. The molecule has 2 aromatic carbocycles. The van der Waals surface area contributed by atoms with Crippen LogP contribution in [0.2, 0.25) is 0 Å². The van der Waals surface area contributed by atoms with E-state index in [1.807, 2.05) is 28.1 Å². The number of carbonyl (C=O) groups is 1. The van der Waals surface area contributed by atoms with Gasteiger partial charge in [-0.2, -0.15) is 0 Å². The number of rotatable bonds is 13. The maximum absolute atomic E-state index is 15.3. The minimum absolute atomic E-state index is 0.252. The Bertz CT molecular complexity index is 1060. The molecule has 0 saturated carbocycles. The zero-order chi connectivity index (χ0) is 26.0. The SMILES string of the molecule is O=C(NOCCO)c1cc(C(=CC(O)CO)NOCCO)c(F)c(F)c1Nc1ccc(I)cc1F. The van der Waals surface area contributed by atoms with Crippen molar-refractivity contribution in [1.29, 1.82) is 0 Å². The predicted octanol–water partition coefficient (Wildman–Crippen LogP) is 1.31. The number of benzene rings is 2. The van der Waals surface area contributed by atoms with Crippen LogP contribution in [0.4, 0.5) is 24.5 Å². The van der Waals surface area contributed by atoms with Gasteiger partial charge >= 0.3 is 0 Å². The van der Waals surface area contributed by atoms with Gasteiger partial charge in [0.05, 0.1) is 61.8 Å². The van der Waals surface area contributed by atoms with Crippen molar-refractivity contribution in [1.82, 2.24) is 11.0 Å². The number of carbonyl (C=O) groups excluding carboxylic acids is 1. The number of nitrogens with one attached hydrogen (secondary N) is 3. The molecule has 14 heteroatoms. The molecule has 0 fully saturated rings. The van der Waals surface area contributed by atoms with E-state index in [2.05, 4.69) is 10.8 Å². The van der Waals surface area contributed by atoms with Gasteiger partial charge < -0.3 is 25.7 Å². The van der Waals surface area contributed by atoms with Crippen molar-refractivity contribution in [3.63, 3.8) is 0 Å². The Morgan fingerprint density at radius 2 is 1.66 bits per heavy atom. The molecule has 0 bridgehead atoms. The molecular formula is C21H23F3IN3O7. The van der Waals surface area contributed by atoms with Crippen LogP contribution in [-0.4, -0.2) is 65.5 Å². The molecule has 0 aromatic heterocycles. The topological polar surface area (TPSA) is 153 Å². The Labute approximate surface area is 211 Å². The van der Waals surface area contributed by atoms with Crippen LogP contribution in [0, 0.1) is 21.0 Å². The number of halogens is 4. The highest BCUT2D eigenvalue weighted by atomic mass is 127. The number of hydroxylamine groups is 2. The Morgan fingerprint density at radius 3 is 2.26 bits per heavy atom. The van der Waals surface area contributed by atoms with E-state index in [-0.39, 0.29) is 24.6 Å². The summed E-state index contributed by atoms with van der Waals surface area (Å²) in [4.78, 5) is 22.4. The van der Waals surface area contributed by atoms with E-state index in [9.17, 15) is 14.3 Å². The van der Waals surface area contributed by atoms with Gasteiger partial charge in [-0.25, -0.2) is 18.7 Å². The van der Waals surface area contributed by atoms with Crippen LogP contribution in [0.15, 0.2) is 30.3 Å². The molecule has 1 unspecified atom stereocenters. The second-order valence-electron chi connectivity index (χ2n) is 6.73. The van der Waals surface area contributed by atoms with Crippen molar-refractivity contribution < 1.29 is 48.1 Å². The maximum Gasteiger partial charge on any atom is 0.277 e. The highest BCUT2D eigenvalue weighted by molar-refractivity contribution is 14.1. The van der Waals surface area contributed by atoms with Crippen LogP contribution < -0.4 is 16.3 Å². The molecule has 7 N–H and O–H groups in total. The van der Waals surface area contributed by atoms with Gasteiger partial charge in [0.15, 0.2) is 11.6 Å². The smallest absolute Gasteiger partial charge is 0.277 e. The van der Waals surface area contributed by atoms with Crippen LogP contribution >= 0.6 is 22.6 Å². The van der Waals surface area contributed by atoms with Crippen molar-refractivity contribution in [2.45, 2.75) is 6.10 Å². The highest BCUT2D eigenvalue weighted by Gasteiger charge is 2.26. The van der Waals surface area contributed by atoms with Gasteiger partial charge in [-0.15, -0.1) is 0 Å². The summed E-state index contributed by atoms with van der Waals surface area (Å²) in [6, 6.07) is 4.77. The first-order chi connectivity index (χ1) is 16.7. The first-order valence-corrected chi connectivity index (χ1v) is 11.1. The van der Waals surface area contributed by atoms with Crippen molar-refractivity contribution >= 4 is 45.6 Å². The highest BCUT2D eigenvalue weighted by Crippen LogP contribution is 2.32. The standard InChI is InChI=1S/C21H23F3IN3O7/c22-15-7-11(25)1-2-16(15)26-20-14(21(33)28-35-6-4-30)9-13(18(23)19(20)24)17(8-12(32)10-31)27-34-5-3-29/h1-2,7-9,12,26-27,29-32H,3-6,10H2,(H,28,33). The van der Waals surface area contributed by atoms with Gasteiger partial charge in [-0.3, -0.25) is 19.9 Å². The fourth-order valence-corrected chi connectivity index (χ4v) is 3.12. The summed E-state index contributed by atoms with van der Waals surface area (Å²) in [6.45, 7) is -2.23. The van der Waals surface area contributed by atoms with E-state index in [0.29, 0.717) is 3.57 Å². The van der Waals surface area contributed by atoms with Crippen LogP contribution in [-0.2, 0) is 9.68 Å². The zero-order valence-corrected chi connectivity index (χ0v) is 20.2. The molecule has 0 spiro atoms. The van der Waals surface area contributed by atoms with Crippen molar-refractivity contribution in [3.05, 3.63) is 62.5 Å². The summed E-state index contributed by atoms with van der Waals surface area (Å²) < 4.78 is 45.3. The predicted molar refractivity (Wildman–Crippen MR) is 127 cm³/mol. The summed E-state index contributed by atoms with van der Waals surface area (Å²) in [5, 5.41) is 39.0. The lowest BCUT2D eigenvalue weighted by Crippen LogP contribution is -2.27. The summed E-state index contributed by atoms with van der Waals surface area (Å²) in [5.41, 5.74) is 1.67. The normalized spacial score (nSPS) is 12.4. The first kappa shape index (κ1) is 28.8. The fourth-order valence-electron chi connectivity index (χ4n) is 2.66. The minimum atomic E-state index is -1.58. The van der Waals surface area contributed by atoms with E-state index in [1.165, 1.54) is 12.1 Å².